The van der Waals surface area contributed by atoms with Crippen LogP contribution in [0.3, 0.4) is 0 Å². The molecular formula is C21H24ClN3O2+2. The monoisotopic (exact) mass is 385 g/mol. The Morgan fingerprint density at radius 3 is 2.41 bits per heavy atom. The Hall–Kier alpha value is -2.21. The first-order valence-corrected chi connectivity index (χ1v) is 9.84. The largest absolute Gasteiger partial charge is 0.322 e. The summed E-state index contributed by atoms with van der Waals surface area (Å²) in [7, 11) is 0. The number of hydrogen-bond donors (Lipinski definition) is 2. The van der Waals surface area contributed by atoms with Crippen molar-refractivity contribution in [3.8, 4) is 0 Å². The number of carbonyl (C=O) groups excluding carboxylic acids is 2. The highest BCUT2D eigenvalue weighted by Gasteiger charge is 2.46. The SMILES string of the molecule is O=C1CC([NH+]2CC[NH+](Cc3ccccc3)CC2)C(=O)N1c1cccc(Cl)c1. The number of nitrogens with one attached hydrogen (secondary N) is 2. The van der Waals surface area contributed by atoms with Gasteiger partial charge in [-0.2, -0.15) is 0 Å². The Morgan fingerprint density at radius 1 is 0.963 bits per heavy atom. The van der Waals surface area contributed by atoms with Crippen molar-refractivity contribution in [3.63, 3.8) is 0 Å². The van der Waals surface area contributed by atoms with Crippen LogP contribution in [-0.2, 0) is 16.1 Å². The van der Waals surface area contributed by atoms with Crippen molar-refractivity contribution in [1.82, 2.24) is 0 Å². The first-order chi connectivity index (χ1) is 13.1. The molecule has 2 amide bonds. The van der Waals surface area contributed by atoms with Crippen molar-refractivity contribution in [2.45, 2.75) is 19.0 Å². The Kier molecular flexibility index (Phi) is 5.25. The van der Waals surface area contributed by atoms with Crippen LogP contribution in [0.15, 0.2) is 54.6 Å². The number of amides is 2. The van der Waals surface area contributed by atoms with E-state index < -0.39 is 0 Å². The number of halogens is 1. The molecule has 0 aliphatic carbocycles. The van der Waals surface area contributed by atoms with Gasteiger partial charge in [0, 0.05) is 10.6 Å². The minimum Gasteiger partial charge on any atom is -0.322 e. The van der Waals surface area contributed by atoms with E-state index in [1.54, 1.807) is 24.3 Å². The lowest BCUT2D eigenvalue weighted by Gasteiger charge is -2.32. The maximum absolute atomic E-state index is 12.9. The Balaban J connectivity index is 1.39. The number of carbonyl (C=O) groups is 2. The molecule has 0 bridgehead atoms. The number of rotatable bonds is 4. The molecule has 0 spiro atoms. The Morgan fingerprint density at radius 2 is 1.70 bits per heavy atom. The van der Waals surface area contributed by atoms with Crippen LogP contribution in [0.2, 0.25) is 5.02 Å². The number of imide groups is 1. The molecule has 4 rings (SSSR count). The summed E-state index contributed by atoms with van der Waals surface area (Å²) in [5.74, 6) is -0.220. The zero-order chi connectivity index (χ0) is 18.8. The first-order valence-electron chi connectivity index (χ1n) is 9.46. The molecule has 5 nitrogen and oxygen atoms in total. The molecule has 0 radical (unpaired) electrons. The maximum Gasteiger partial charge on any atom is 0.292 e. The molecular weight excluding hydrogens is 362 g/mol. The summed E-state index contributed by atoms with van der Waals surface area (Å²) in [6.07, 6.45) is 0.286. The normalized spacial score (nSPS) is 25.8. The smallest absolute Gasteiger partial charge is 0.292 e. The second kappa shape index (κ2) is 7.80. The number of nitrogens with zero attached hydrogens (tertiary/aromatic N) is 1. The number of anilines is 1. The minimum absolute atomic E-state index is 0.0937. The van der Waals surface area contributed by atoms with E-state index >= 15 is 0 Å². The number of piperazine rings is 1. The van der Waals surface area contributed by atoms with Crippen molar-refractivity contribution in [2.24, 2.45) is 0 Å². The number of quaternary nitrogens is 2. The zero-order valence-corrected chi connectivity index (χ0v) is 15.9. The molecule has 1 unspecified atom stereocenters. The van der Waals surface area contributed by atoms with Gasteiger partial charge in [0.25, 0.3) is 5.91 Å². The lowest BCUT2D eigenvalue weighted by molar-refractivity contribution is -1.02. The van der Waals surface area contributed by atoms with Crippen molar-refractivity contribution in [2.75, 3.05) is 31.1 Å². The molecule has 2 aliphatic rings. The van der Waals surface area contributed by atoms with Gasteiger partial charge in [-0.3, -0.25) is 9.59 Å². The van der Waals surface area contributed by atoms with Gasteiger partial charge in [0.15, 0.2) is 6.04 Å². The van der Waals surface area contributed by atoms with E-state index in [-0.39, 0.29) is 24.3 Å². The molecule has 0 aromatic heterocycles. The van der Waals surface area contributed by atoms with Crippen LogP contribution in [0.25, 0.3) is 0 Å². The van der Waals surface area contributed by atoms with Gasteiger partial charge in [0.1, 0.15) is 32.7 Å². The van der Waals surface area contributed by atoms with E-state index in [1.165, 1.54) is 20.3 Å². The van der Waals surface area contributed by atoms with E-state index in [0.29, 0.717) is 10.7 Å². The summed E-state index contributed by atoms with van der Waals surface area (Å²) in [4.78, 5) is 29.5. The van der Waals surface area contributed by atoms with Gasteiger partial charge in [-0.05, 0) is 18.2 Å². The van der Waals surface area contributed by atoms with E-state index in [2.05, 4.69) is 24.3 Å². The number of hydrogen-bond acceptors (Lipinski definition) is 2. The van der Waals surface area contributed by atoms with Crippen LogP contribution in [0.4, 0.5) is 5.69 Å². The van der Waals surface area contributed by atoms with E-state index in [0.717, 1.165) is 32.7 Å². The molecule has 0 saturated carbocycles. The second-order valence-corrected chi connectivity index (χ2v) is 7.81. The third-order valence-corrected chi connectivity index (χ3v) is 5.84. The number of benzene rings is 2. The summed E-state index contributed by atoms with van der Waals surface area (Å²) in [5.41, 5.74) is 1.92. The third-order valence-electron chi connectivity index (χ3n) is 5.60. The highest BCUT2D eigenvalue weighted by atomic mass is 35.5. The predicted octanol–water partition coefficient (Wildman–Crippen LogP) is -0.0445. The molecule has 2 aliphatic heterocycles. The van der Waals surface area contributed by atoms with E-state index in [4.69, 9.17) is 11.6 Å². The Bertz CT molecular complexity index is 834. The fraction of sp³-hybridized carbons (Fsp3) is 0.333. The fourth-order valence-corrected chi connectivity index (χ4v) is 4.36. The lowest BCUT2D eigenvalue weighted by atomic mass is 10.1. The first kappa shape index (κ1) is 18.2. The van der Waals surface area contributed by atoms with Crippen LogP contribution < -0.4 is 14.7 Å². The van der Waals surface area contributed by atoms with Crippen molar-refractivity contribution in [1.29, 1.82) is 0 Å². The molecule has 2 saturated heterocycles. The lowest BCUT2D eigenvalue weighted by Crippen LogP contribution is -3.29. The molecule has 6 heteroatoms. The summed E-state index contributed by atoms with van der Waals surface area (Å²) in [6.45, 7) is 4.86. The molecule has 2 aromatic rings. The van der Waals surface area contributed by atoms with Crippen molar-refractivity contribution >= 4 is 29.1 Å². The topological polar surface area (TPSA) is 46.3 Å². The molecule has 27 heavy (non-hydrogen) atoms. The summed E-state index contributed by atoms with van der Waals surface area (Å²) in [5, 5.41) is 0.530. The average molecular weight is 386 g/mol. The van der Waals surface area contributed by atoms with E-state index in [1.807, 2.05) is 6.07 Å². The van der Waals surface area contributed by atoms with Crippen molar-refractivity contribution in [3.05, 3.63) is 65.2 Å². The van der Waals surface area contributed by atoms with Gasteiger partial charge in [0.2, 0.25) is 5.91 Å². The Labute approximate surface area is 164 Å². The summed E-state index contributed by atoms with van der Waals surface area (Å²) >= 11 is 6.03. The highest BCUT2D eigenvalue weighted by Crippen LogP contribution is 2.24. The van der Waals surface area contributed by atoms with Crippen LogP contribution in [0.5, 0.6) is 0 Å². The molecule has 2 heterocycles. The van der Waals surface area contributed by atoms with Gasteiger partial charge in [-0.1, -0.05) is 48.0 Å². The van der Waals surface area contributed by atoms with Crippen LogP contribution >= 0.6 is 11.6 Å². The average Bonchev–Trinajstić information content (AvgIpc) is 2.97. The van der Waals surface area contributed by atoms with Crippen LogP contribution in [0, 0.1) is 0 Å². The van der Waals surface area contributed by atoms with Crippen LogP contribution in [-0.4, -0.2) is 44.0 Å². The van der Waals surface area contributed by atoms with Crippen molar-refractivity contribution < 1.29 is 19.4 Å². The molecule has 2 fully saturated rings. The third kappa shape index (κ3) is 3.90. The quantitative estimate of drug-likeness (QED) is 0.725. The van der Waals surface area contributed by atoms with Gasteiger partial charge in [0.05, 0.1) is 12.1 Å². The van der Waals surface area contributed by atoms with Gasteiger partial charge < -0.3 is 9.80 Å². The summed E-state index contributed by atoms with van der Waals surface area (Å²) in [6, 6.07) is 17.2. The summed E-state index contributed by atoms with van der Waals surface area (Å²) < 4.78 is 0. The van der Waals surface area contributed by atoms with Gasteiger partial charge in [-0.25, -0.2) is 4.90 Å². The standard InChI is InChI=1S/C21H22ClN3O2/c22-17-7-4-8-18(13-17)25-20(26)14-19(21(25)27)24-11-9-23(10-12-24)15-16-5-2-1-3-6-16/h1-8,13,19H,9-12,14-15H2/p+2. The molecule has 2 aromatic carbocycles. The minimum atomic E-state index is -0.269. The maximum atomic E-state index is 12.9. The van der Waals surface area contributed by atoms with Gasteiger partial charge in [-0.15, -0.1) is 0 Å². The van der Waals surface area contributed by atoms with E-state index in [9.17, 15) is 9.59 Å². The van der Waals surface area contributed by atoms with Crippen LogP contribution in [0.1, 0.15) is 12.0 Å². The molecule has 2 N–H and O–H groups in total. The highest BCUT2D eigenvalue weighted by molar-refractivity contribution is 6.31. The predicted molar refractivity (Wildman–Crippen MR) is 104 cm³/mol. The second-order valence-electron chi connectivity index (χ2n) is 7.37. The molecule has 1 atom stereocenters. The zero-order valence-electron chi connectivity index (χ0n) is 15.2. The molecule has 140 valence electrons. The van der Waals surface area contributed by atoms with Gasteiger partial charge >= 0.3 is 0 Å². The fourth-order valence-electron chi connectivity index (χ4n) is 4.17.